The quantitative estimate of drug-likeness (QED) is 0.648. The van der Waals surface area contributed by atoms with Gasteiger partial charge in [0.1, 0.15) is 0 Å². The molecule has 3 heteroatoms. The number of rotatable bonds is 5. The lowest BCUT2D eigenvalue weighted by Gasteiger charge is -2.21. The van der Waals surface area contributed by atoms with Crippen LogP contribution in [0.2, 0.25) is 0 Å². The van der Waals surface area contributed by atoms with Crippen LogP contribution in [-0.4, -0.2) is 42.4 Å². The molecule has 2 saturated heterocycles. The summed E-state index contributed by atoms with van der Waals surface area (Å²) in [6.45, 7) is 3.78. The van der Waals surface area contributed by atoms with E-state index < -0.39 is 0 Å². The van der Waals surface area contributed by atoms with E-state index >= 15 is 0 Å². The molecule has 2 unspecified atom stereocenters. The van der Waals surface area contributed by atoms with Crippen LogP contribution in [0.5, 0.6) is 0 Å². The Morgan fingerprint density at radius 2 is 2.06 bits per heavy atom. The van der Waals surface area contributed by atoms with E-state index in [4.69, 9.17) is 0 Å². The van der Waals surface area contributed by atoms with Gasteiger partial charge in [0, 0.05) is 35.8 Å². The van der Waals surface area contributed by atoms with Crippen LogP contribution in [0.1, 0.15) is 19.3 Å². The molecule has 2 nitrogen and oxygen atoms in total. The molecule has 1 aromatic rings. The van der Waals surface area contributed by atoms with Crippen molar-refractivity contribution in [1.29, 1.82) is 0 Å². The minimum absolute atomic E-state index is 0.754. The van der Waals surface area contributed by atoms with E-state index in [-0.39, 0.29) is 0 Å². The monoisotopic (exact) mass is 262 g/mol. The molecular weight excluding hydrogens is 240 g/mol. The maximum atomic E-state index is 3.76. The van der Waals surface area contributed by atoms with Crippen molar-refractivity contribution in [2.45, 2.75) is 36.2 Å². The van der Waals surface area contributed by atoms with Crippen LogP contribution in [0, 0.1) is 0 Å². The Balaban J connectivity index is 1.38. The summed E-state index contributed by atoms with van der Waals surface area (Å²) in [5.41, 5.74) is 0. The summed E-state index contributed by atoms with van der Waals surface area (Å²) in [5.74, 6) is 1.17. The number of benzene rings is 1. The zero-order chi connectivity index (χ0) is 12.2. The summed E-state index contributed by atoms with van der Waals surface area (Å²) < 4.78 is 0. The first-order valence-corrected chi connectivity index (χ1v) is 8.07. The third kappa shape index (κ3) is 2.90. The Morgan fingerprint density at radius 1 is 1.17 bits per heavy atom. The minimum Gasteiger partial charge on any atom is -0.312 e. The van der Waals surface area contributed by atoms with E-state index in [0.29, 0.717) is 0 Å². The average molecular weight is 262 g/mol. The van der Waals surface area contributed by atoms with E-state index in [0.717, 1.165) is 18.6 Å². The maximum absolute atomic E-state index is 3.76. The lowest BCUT2D eigenvalue weighted by Crippen LogP contribution is -2.40. The number of hydrogen-bond donors (Lipinski definition) is 1. The van der Waals surface area contributed by atoms with E-state index in [1.165, 1.54) is 43.0 Å². The fourth-order valence-electron chi connectivity index (χ4n) is 3.25. The van der Waals surface area contributed by atoms with Crippen molar-refractivity contribution in [3.8, 4) is 0 Å². The van der Waals surface area contributed by atoms with Crippen LogP contribution in [0.15, 0.2) is 35.2 Å². The maximum Gasteiger partial charge on any atom is 0.0250 e. The molecular formula is C15H22N2S. The van der Waals surface area contributed by atoms with Gasteiger partial charge >= 0.3 is 0 Å². The van der Waals surface area contributed by atoms with Crippen molar-refractivity contribution < 1.29 is 0 Å². The molecule has 0 saturated carbocycles. The van der Waals surface area contributed by atoms with Gasteiger partial charge in [0.15, 0.2) is 0 Å². The first-order valence-electron chi connectivity index (χ1n) is 7.09. The third-order valence-electron chi connectivity index (χ3n) is 4.13. The SMILES string of the molecule is c1ccc(SCCNC2CCN3CCCC23)cc1. The first-order chi connectivity index (χ1) is 8.93. The van der Waals surface area contributed by atoms with Crippen LogP contribution in [0.25, 0.3) is 0 Å². The molecule has 18 heavy (non-hydrogen) atoms. The van der Waals surface area contributed by atoms with Crippen molar-refractivity contribution >= 4 is 11.8 Å². The standard InChI is InChI=1S/C15H22N2S/c1-2-5-13(6-3-1)18-12-9-16-14-8-11-17-10-4-7-15(14)17/h1-3,5-6,14-16H,4,7-12H2. The molecule has 0 bridgehead atoms. The molecule has 1 N–H and O–H groups in total. The number of nitrogens with one attached hydrogen (secondary N) is 1. The van der Waals surface area contributed by atoms with Gasteiger partial charge < -0.3 is 5.32 Å². The van der Waals surface area contributed by atoms with Crippen molar-refractivity contribution in [1.82, 2.24) is 10.2 Å². The highest BCUT2D eigenvalue weighted by atomic mass is 32.2. The van der Waals surface area contributed by atoms with Crippen LogP contribution in [-0.2, 0) is 0 Å². The van der Waals surface area contributed by atoms with Gasteiger partial charge in [-0.2, -0.15) is 0 Å². The molecule has 2 atom stereocenters. The normalized spacial score (nSPS) is 27.6. The molecule has 0 amide bonds. The molecule has 1 aromatic carbocycles. The second-order valence-corrected chi connectivity index (χ2v) is 6.42. The lowest BCUT2D eigenvalue weighted by molar-refractivity contribution is 0.301. The molecule has 98 valence electrons. The van der Waals surface area contributed by atoms with Crippen molar-refractivity contribution in [3.05, 3.63) is 30.3 Å². The zero-order valence-corrected chi connectivity index (χ0v) is 11.7. The van der Waals surface area contributed by atoms with Gasteiger partial charge in [-0.15, -0.1) is 11.8 Å². The smallest absolute Gasteiger partial charge is 0.0250 e. The molecule has 0 aliphatic carbocycles. The summed E-state index contributed by atoms with van der Waals surface area (Å²) in [5, 5.41) is 3.76. The molecule has 3 rings (SSSR count). The molecule has 2 heterocycles. The molecule has 2 fully saturated rings. The van der Waals surface area contributed by atoms with Crippen LogP contribution in [0.4, 0.5) is 0 Å². The van der Waals surface area contributed by atoms with Crippen LogP contribution in [0.3, 0.4) is 0 Å². The number of thioether (sulfide) groups is 1. The molecule has 0 spiro atoms. The first kappa shape index (κ1) is 12.5. The highest BCUT2D eigenvalue weighted by molar-refractivity contribution is 7.99. The molecule has 0 radical (unpaired) electrons. The second kappa shape index (κ2) is 6.09. The average Bonchev–Trinajstić information content (AvgIpc) is 3.00. The number of fused-ring (bicyclic) bond motifs is 1. The minimum atomic E-state index is 0.754. The van der Waals surface area contributed by atoms with Crippen molar-refractivity contribution in [2.75, 3.05) is 25.4 Å². The van der Waals surface area contributed by atoms with E-state index in [2.05, 4.69) is 40.5 Å². The molecule has 2 aliphatic heterocycles. The van der Waals surface area contributed by atoms with E-state index in [9.17, 15) is 0 Å². The lowest BCUT2D eigenvalue weighted by atomic mass is 10.1. The highest BCUT2D eigenvalue weighted by Gasteiger charge is 2.36. The largest absolute Gasteiger partial charge is 0.312 e. The number of nitrogens with zero attached hydrogens (tertiary/aromatic N) is 1. The highest BCUT2D eigenvalue weighted by Crippen LogP contribution is 2.27. The molecule has 0 aromatic heterocycles. The van der Waals surface area contributed by atoms with Crippen molar-refractivity contribution in [3.63, 3.8) is 0 Å². The predicted molar refractivity (Wildman–Crippen MR) is 78.2 cm³/mol. The van der Waals surface area contributed by atoms with Gasteiger partial charge in [-0.05, 0) is 37.9 Å². The Kier molecular flexibility index (Phi) is 4.24. The van der Waals surface area contributed by atoms with Crippen LogP contribution < -0.4 is 5.32 Å². The fourth-order valence-corrected chi connectivity index (χ4v) is 4.06. The van der Waals surface area contributed by atoms with E-state index in [1.807, 2.05) is 11.8 Å². The zero-order valence-electron chi connectivity index (χ0n) is 10.8. The topological polar surface area (TPSA) is 15.3 Å². The summed E-state index contributed by atoms with van der Waals surface area (Å²) in [6.07, 6.45) is 4.16. The van der Waals surface area contributed by atoms with Gasteiger partial charge in [0.25, 0.3) is 0 Å². The Hall–Kier alpha value is -0.510. The third-order valence-corrected chi connectivity index (χ3v) is 5.14. The summed E-state index contributed by atoms with van der Waals surface area (Å²) >= 11 is 1.95. The van der Waals surface area contributed by atoms with Gasteiger partial charge in [-0.25, -0.2) is 0 Å². The summed E-state index contributed by atoms with van der Waals surface area (Å²) in [7, 11) is 0. The van der Waals surface area contributed by atoms with Gasteiger partial charge in [0.05, 0.1) is 0 Å². The number of hydrogen-bond acceptors (Lipinski definition) is 3. The second-order valence-electron chi connectivity index (χ2n) is 5.26. The summed E-state index contributed by atoms with van der Waals surface area (Å²) in [6, 6.07) is 12.3. The Bertz CT molecular complexity index is 368. The van der Waals surface area contributed by atoms with E-state index in [1.54, 1.807) is 0 Å². The van der Waals surface area contributed by atoms with Gasteiger partial charge in [-0.3, -0.25) is 4.90 Å². The predicted octanol–water partition coefficient (Wildman–Crippen LogP) is 2.61. The van der Waals surface area contributed by atoms with Gasteiger partial charge in [-0.1, -0.05) is 18.2 Å². The van der Waals surface area contributed by atoms with Gasteiger partial charge in [0.2, 0.25) is 0 Å². The summed E-state index contributed by atoms with van der Waals surface area (Å²) in [4.78, 5) is 4.05. The fraction of sp³-hybridized carbons (Fsp3) is 0.600. The van der Waals surface area contributed by atoms with Crippen molar-refractivity contribution in [2.24, 2.45) is 0 Å². The molecule has 2 aliphatic rings. The Morgan fingerprint density at radius 3 is 2.94 bits per heavy atom. The van der Waals surface area contributed by atoms with Crippen LogP contribution >= 0.6 is 11.8 Å². The Labute approximate surface area is 114 Å².